The lowest BCUT2D eigenvalue weighted by Crippen LogP contribution is -2.28. The van der Waals surface area contributed by atoms with E-state index in [9.17, 15) is 8.42 Å². The fraction of sp³-hybridized carbons (Fsp3) is 0.286. The normalized spacial score (nSPS) is 16.1. The average Bonchev–Trinajstić information content (AvgIpc) is 2.95. The van der Waals surface area contributed by atoms with Crippen molar-refractivity contribution < 1.29 is 8.42 Å². The maximum atomic E-state index is 12.6. The number of fused-ring (bicyclic) bond motifs is 1. The van der Waals surface area contributed by atoms with Gasteiger partial charge >= 0.3 is 0 Å². The van der Waals surface area contributed by atoms with Crippen molar-refractivity contribution in [3.63, 3.8) is 0 Å². The van der Waals surface area contributed by atoms with Crippen molar-refractivity contribution in [2.45, 2.75) is 32.6 Å². The SMILES string of the molecule is Cc1c(C)c(C)c2c(c1C)NC(n1ccnc1)=NS2(=O)=O. The number of hydrogen-bond donors (Lipinski definition) is 1. The van der Waals surface area contributed by atoms with Crippen molar-refractivity contribution in [3.8, 4) is 0 Å². The molecule has 0 atom stereocenters. The van der Waals surface area contributed by atoms with Gasteiger partial charge in [-0.05, 0) is 49.9 Å². The lowest BCUT2D eigenvalue weighted by Gasteiger charge is -2.24. The van der Waals surface area contributed by atoms with Gasteiger partial charge in [0.05, 0.1) is 5.69 Å². The summed E-state index contributed by atoms with van der Waals surface area (Å²) in [6.07, 6.45) is 4.73. The number of sulfonamides is 1. The van der Waals surface area contributed by atoms with Gasteiger partial charge in [-0.1, -0.05) is 0 Å². The Morgan fingerprint density at radius 3 is 2.33 bits per heavy atom. The zero-order chi connectivity index (χ0) is 15.4. The van der Waals surface area contributed by atoms with E-state index >= 15 is 0 Å². The second-order valence-electron chi connectivity index (χ2n) is 5.19. The molecule has 0 radical (unpaired) electrons. The Morgan fingerprint density at radius 1 is 1.05 bits per heavy atom. The van der Waals surface area contributed by atoms with Gasteiger partial charge in [-0.2, -0.15) is 8.42 Å². The molecule has 1 aliphatic rings. The molecule has 0 unspecified atom stereocenters. The van der Waals surface area contributed by atoms with Gasteiger partial charge in [0.1, 0.15) is 11.2 Å². The molecule has 1 N–H and O–H groups in total. The number of aromatic nitrogens is 2. The first-order valence-corrected chi connectivity index (χ1v) is 7.97. The minimum atomic E-state index is -3.73. The third kappa shape index (κ3) is 1.96. The summed E-state index contributed by atoms with van der Waals surface area (Å²) < 4.78 is 30.5. The molecule has 0 fully saturated rings. The van der Waals surface area contributed by atoms with Gasteiger partial charge in [0, 0.05) is 12.4 Å². The van der Waals surface area contributed by atoms with Crippen molar-refractivity contribution in [3.05, 3.63) is 41.0 Å². The van der Waals surface area contributed by atoms with Gasteiger partial charge in [0.15, 0.2) is 0 Å². The van der Waals surface area contributed by atoms with Crippen LogP contribution in [0.25, 0.3) is 0 Å². The Morgan fingerprint density at radius 2 is 1.71 bits per heavy atom. The van der Waals surface area contributed by atoms with Gasteiger partial charge < -0.3 is 5.32 Å². The summed E-state index contributed by atoms with van der Waals surface area (Å²) in [5.41, 5.74) is 4.34. The number of imidazole rings is 1. The highest BCUT2D eigenvalue weighted by atomic mass is 32.2. The Balaban J connectivity index is 2.32. The molecule has 2 aromatic rings. The van der Waals surface area contributed by atoms with E-state index < -0.39 is 10.0 Å². The molecular weight excluding hydrogens is 288 g/mol. The monoisotopic (exact) mass is 304 g/mol. The van der Waals surface area contributed by atoms with Gasteiger partial charge in [0.25, 0.3) is 10.0 Å². The lowest BCUT2D eigenvalue weighted by atomic mass is 9.97. The number of benzene rings is 1. The fourth-order valence-electron chi connectivity index (χ4n) is 2.54. The van der Waals surface area contributed by atoms with Crippen molar-refractivity contribution in [2.75, 3.05) is 5.32 Å². The van der Waals surface area contributed by atoms with Gasteiger partial charge in [-0.15, -0.1) is 4.40 Å². The van der Waals surface area contributed by atoms with E-state index in [1.54, 1.807) is 17.0 Å². The van der Waals surface area contributed by atoms with Crippen LogP contribution >= 0.6 is 0 Å². The molecule has 1 aliphatic heterocycles. The summed E-state index contributed by atoms with van der Waals surface area (Å²) in [7, 11) is -3.73. The highest BCUT2D eigenvalue weighted by Gasteiger charge is 2.30. The number of nitrogens with zero attached hydrogens (tertiary/aromatic N) is 3. The highest BCUT2D eigenvalue weighted by molar-refractivity contribution is 7.90. The topological polar surface area (TPSA) is 76.3 Å². The van der Waals surface area contributed by atoms with Crippen molar-refractivity contribution in [2.24, 2.45) is 4.40 Å². The number of nitrogens with one attached hydrogen (secondary N) is 1. The summed E-state index contributed by atoms with van der Waals surface area (Å²) in [4.78, 5) is 4.19. The summed E-state index contributed by atoms with van der Waals surface area (Å²) >= 11 is 0. The Kier molecular flexibility index (Phi) is 2.91. The van der Waals surface area contributed by atoms with Crippen molar-refractivity contribution in [1.82, 2.24) is 9.55 Å². The average molecular weight is 304 g/mol. The Bertz CT molecular complexity index is 865. The minimum absolute atomic E-state index is 0.241. The second kappa shape index (κ2) is 4.42. The highest BCUT2D eigenvalue weighted by Crippen LogP contribution is 2.37. The molecule has 0 aliphatic carbocycles. The molecule has 0 amide bonds. The quantitative estimate of drug-likeness (QED) is 0.809. The molecule has 21 heavy (non-hydrogen) atoms. The van der Waals surface area contributed by atoms with Crippen LogP contribution in [0.2, 0.25) is 0 Å². The maximum Gasteiger partial charge on any atom is 0.287 e. The number of anilines is 1. The van der Waals surface area contributed by atoms with Gasteiger partial charge in [-0.3, -0.25) is 4.57 Å². The van der Waals surface area contributed by atoms with E-state index in [2.05, 4.69) is 14.7 Å². The lowest BCUT2D eigenvalue weighted by molar-refractivity contribution is 0.596. The third-order valence-corrected chi connectivity index (χ3v) is 5.52. The van der Waals surface area contributed by atoms with E-state index in [4.69, 9.17) is 0 Å². The Labute approximate surface area is 123 Å². The van der Waals surface area contributed by atoms with E-state index in [1.807, 2.05) is 27.7 Å². The molecule has 2 heterocycles. The fourth-order valence-corrected chi connectivity index (χ4v) is 4.00. The molecule has 6 nitrogen and oxygen atoms in total. The Hall–Kier alpha value is -2.15. The van der Waals surface area contributed by atoms with Gasteiger partial charge in [-0.25, -0.2) is 4.98 Å². The largest absolute Gasteiger partial charge is 0.323 e. The molecule has 1 aromatic heterocycles. The summed E-state index contributed by atoms with van der Waals surface area (Å²) in [6, 6.07) is 0. The van der Waals surface area contributed by atoms with Gasteiger partial charge in [0.2, 0.25) is 5.96 Å². The van der Waals surface area contributed by atoms with Crippen LogP contribution in [-0.4, -0.2) is 23.9 Å². The molecule has 110 valence electrons. The van der Waals surface area contributed by atoms with Crippen LogP contribution in [-0.2, 0) is 10.0 Å². The van der Waals surface area contributed by atoms with Crippen LogP contribution in [0.1, 0.15) is 22.3 Å². The van der Waals surface area contributed by atoms with Crippen LogP contribution in [0.15, 0.2) is 28.0 Å². The molecule has 7 heteroatoms. The molecule has 1 aromatic carbocycles. The maximum absolute atomic E-state index is 12.6. The second-order valence-corrected chi connectivity index (χ2v) is 6.73. The first kappa shape index (κ1) is 13.8. The molecule has 0 saturated heterocycles. The minimum Gasteiger partial charge on any atom is -0.323 e. The van der Waals surface area contributed by atoms with Crippen LogP contribution in [0.3, 0.4) is 0 Å². The third-order valence-electron chi connectivity index (χ3n) is 4.08. The molecule has 0 spiro atoms. The first-order chi connectivity index (χ1) is 9.83. The van der Waals surface area contributed by atoms with E-state index in [1.165, 1.54) is 6.33 Å². The smallest absolute Gasteiger partial charge is 0.287 e. The number of rotatable bonds is 0. The summed E-state index contributed by atoms with van der Waals surface area (Å²) in [5.74, 6) is 0.241. The van der Waals surface area contributed by atoms with E-state index in [0.29, 0.717) is 5.69 Å². The molecule has 0 saturated carbocycles. The predicted molar refractivity (Wildman–Crippen MR) is 81.3 cm³/mol. The van der Waals surface area contributed by atoms with Crippen LogP contribution in [0, 0.1) is 27.7 Å². The van der Waals surface area contributed by atoms with Crippen LogP contribution in [0.5, 0.6) is 0 Å². The van der Waals surface area contributed by atoms with Crippen LogP contribution < -0.4 is 5.32 Å². The van der Waals surface area contributed by atoms with Crippen LogP contribution in [0.4, 0.5) is 5.69 Å². The molecular formula is C14H16N4O2S. The molecule has 0 bridgehead atoms. The molecule has 3 rings (SSSR count). The predicted octanol–water partition coefficient (Wildman–Crippen LogP) is 2.14. The summed E-state index contributed by atoms with van der Waals surface area (Å²) in [5, 5.41) is 3.13. The van der Waals surface area contributed by atoms with E-state index in [0.717, 1.165) is 22.3 Å². The van der Waals surface area contributed by atoms with Crippen molar-refractivity contribution in [1.29, 1.82) is 0 Å². The summed E-state index contributed by atoms with van der Waals surface area (Å²) in [6.45, 7) is 7.66. The standard InChI is InChI=1S/C14H16N4O2S/c1-8-9(2)11(4)13-12(10(8)3)16-14(17-21(13,19)20)18-6-5-15-7-18/h5-7H,1-4H3,(H,16,17). The zero-order valence-electron chi connectivity index (χ0n) is 12.3. The first-order valence-electron chi connectivity index (χ1n) is 6.53. The number of hydrogen-bond acceptors (Lipinski definition) is 4. The van der Waals surface area contributed by atoms with E-state index in [-0.39, 0.29) is 10.9 Å². The van der Waals surface area contributed by atoms with Crippen molar-refractivity contribution >= 4 is 21.7 Å². The zero-order valence-corrected chi connectivity index (χ0v) is 13.1.